The standard InChI is InChI=1S/C28H34N7O5P.CH4/c1-3-15-30-25-24-26(33-28(29)32-25)35(19-31-24)16-17-38-20-41(37,40-22-13-9-6-10-14-22)34-23(27(36)39-4-2)18-21-11-7-5-8-12-21;/h3,5-14,19,23H,1,4,15-18,20H2,2H3,(H,34,37)(H3,29,30,32,33);1H4. The SMILES string of the molecule is C.C=CCNc1nc(N)nc2c1ncn2CCOCP(=O)(NC(Cc1ccccc1)C(=O)OCC)Oc1ccccc1. The first-order valence-electron chi connectivity index (χ1n) is 13.1. The molecule has 2 aromatic heterocycles. The van der Waals surface area contributed by atoms with Gasteiger partial charge in [0.05, 0.1) is 19.5 Å². The molecule has 2 unspecified atom stereocenters. The number of nitrogens with one attached hydrogen (secondary N) is 2. The number of hydrogen-bond donors (Lipinski definition) is 3. The summed E-state index contributed by atoms with van der Waals surface area (Å²) in [7, 11) is -3.76. The van der Waals surface area contributed by atoms with Crippen molar-refractivity contribution in [1.82, 2.24) is 24.6 Å². The molecular weight excluding hydrogens is 557 g/mol. The van der Waals surface area contributed by atoms with E-state index >= 15 is 0 Å². The van der Waals surface area contributed by atoms with Crippen molar-refractivity contribution >= 4 is 36.4 Å². The summed E-state index contributed by atoms with van der Waals surface area (Å²) in [5.74, 6) is 0.443. The number of benzene rings is 2. The number of esters is 1. The minimum atomic E-state index is -3.76. The monoisotopic (exact) mass is 595 g/mol. The number of nitrogens with two attached hydrogens (primary N) is 1. The third-order valence-electron chi connectivity index (χ3n) is 5.84. The van der Waals surface area contributed by atoms with Crippen LogP contribution in [-0.4, -0.2) is 57.6 Å². The van der Waals surface area contributed by atoms with Crippen molar-refractivity contribution < 1.29 is 23.4 Å². The molecular formula is C29H38N7O5P. The minimum absolute atomic E-state index is 0. The summed E-state index contributed by atoms with van der Waals surface area (Å²) < 4.78 is 32.9. The summed E-state index contributed by atoms with van der Waals surface area (Å²) in [6, 6.07) is 17.2. The summed E-state index contributed by atoms with van der Waals surface area (Å²) in [6.45, 7) is 6.57. The van der Waals surface area contributed by atoms with E-state index in [2.05, 4.69) is 31.9 Å². The number of fused-ring (bicyclic) bond motifs is 1. The van der Waals surface area contributed by atoms with E-state index in [0.717, 1.165) is 5.56 Å². The molecule has 0 aliphatic carbocycles. The van der Waals surface area contributed by atoms with Crippen LogP contribution < -0.4 is 20.7 Å². The molecule has 224 valence electrons. The Hall–Kier alpha value is -4.25. The van der Waals surface area contributed by atoms with Gasteiger partial charge in [0, 0.05) is 13.1 Å². The second kappa shape index (κ2) is 15.7. The molecule has 0 spiro atoms. The van der Waals surface area contributed by atoms with Crippen molar-refractivity contribution in [1.29, 1.82) is 0 Å². The second-order valence-electron chi connectivity index (χ2n) is 8.95. The van der Waals surface area contributed by atoms with Crippen LogP contribution in [0.15, 0.2) is 79.6 Å². The molecule has 42 heavy (non-hydrogen) atoms. The summed E-state index contributed by atoms with van der Waals surface area (Å²) in [5.41, 5.74) is 7.85. The smallest absolute Gasteiger partial charge is 0.342 e. The molecule has 13 heteroatoms. The van der Waals surface area contributed by atoms with Crippen LogP contribution in [0.25, 0.3) is 11.2 Å². The van der Waals surface area contributed by atoms with Gasteiger partial charge in [-0.25, -0.2) is 10.1 Å². The summed E-state index contributed by atoms with van der Waals surface area (Å²) in [5, 5.41) is 6.03. The van der Waals surface area contributed by atoms with Gasteiger partial charge in [-0.3, -0.25) is 9.36 Å². The Bertz CT molecular complexity index is 1480. The highest BCUT2D eigenvalue weighted by atomic mass is 31.2. The second-order valence-corrected chi connectivity index (χ2v) is 11.0. The van der Waals surface area contributed by atoms with Gasteiger partial charge in [0.2, 0.25) is 5.95 Å². The van der Waals surface area contributed by atoms with Crippen LogP contribution >= 0.6 is 7.52 Å². The zero-order valence-corrected chi connectivity index (χ0v) is 23.7. The molecule has 4 aromatic rings. The van der Waals surface area contributed by atoms with Gasteiger partial charge in [-0.2, -0.15) is 9.97 Å². The third kappa shape index (κ3) is 8.87. The van der Waals surface area contributed by atoms with Crippen molar-refractivity contribution in [2.45, 2.75) is 33.4 Å². The topological polar surface area (TPSA) is 156 Å². The molecule has 0 bridgehead atoms. The molecule has 2 aromatic carbocycles. The van der Waals surface area contributed by atoms with Crippen LogP contribution in [0.4, 0.5) is 11.8 Å². The average Bonchev–Trinajstić information content (AvgIpc) is 3.37. The molecule has 0 saturated carbocycles. The van der Waals surface area contributed by atoms with Gasteiger partial charge in [0.25, 0.3) is 0 Å². The zero-order chi connectivity index (χ0) is 29.1. The Morgan fingerprint density at radius 3 is 2.55 bits per heavy atom. The lowest BCUT2D eigenvalue weighted by atomic mass is 10.1. The molecule has 4 N–H and O–H groups in total. The summed E-state index contributed by atoms with van der Waals surface area (Å²) in [4.78, 5) is 25.8. The van der Waals surface area contributed by atoms with Gasteiger partial charge in [-0.1, -0.05) is 62.0 Å². The summed E-state index contributed by atoms with van der Waals surface area (Å²) >= 11 is 0. The first-order valence-corrected chi connectivity index (χ1v) is 14.9. The van der Waals surface area contributed by atoms with Crippen LogP contribution in [-0.2, 0) is 31.8 Å². The highest BCUT2D eigenvalue weighted by Crippen LogP contribution is 2.44. The number of aromatic nitrogens is 4. The Morgan fingerprint density at radius 2 is 1.86 bits per heavy atom. The van der Waals surface area contributed by atoms with Crippen molar-refractivity contribution in [3.8, 4) is 5.75 Å². The predicted molar refractivity (Wildman–Crippen MR) is 164 cm³/mol. The highest BCUT2D eigenvalue weighted by Gasteiger charge is 2.33. The summed E-state index contributed by atoms with van der Waals surface area (Å²) in [6.07, 6.45) is 3.26. The fourth-order valence-electron chi connectivity index (χ4n) is 4.02. The van der Waals surface area contributed by atoms with E-state index in [0.29, 0.717) is 35.8 Å². The molecule has 0 aliphatic heterocycles. The Kier molecular flexibility index (Phi) is 12.0. The van der Waals surface area contributed by atoms with Crippen molar-refractivity contribution in [2.24, 2.45) is 0 Å². The number of anilines is 2. The van der Waals surface area contributed by atoms with E-state index in [-0.39, 0.29) is 39.4 Å². The lowest BCUT2D eigenvalue weighted by Crippen LogP contribution is -2.39. The molecule has 2 atom stereocenters. The molecule has 0 saturated heterocycles. The molecule has 0 fully saturated rings. The number of imidazole rings is 1. The molecule has 12 nitrogen and oxygen atoms in total. The normalized spacial score (nSPS) is 13.0. The zero-order valence-electron chi connectivity index (χ0n) is 22.8. The molecule has 0 radical (unpaired) electrons. The number of ether oxygens (including phenoxy) is 2. The molecule has 2 heterocycles. The molecule has 0 amide bonds. The maximum atomic E-state index is 14.1. The third-order valence-corrected chi connectivity index (χ3v) is 7.57. The van der Waals surface area contributed by atoms with E-state index in [1.807, 2.05) is 36.4 Å². The maximum absolute atomic E-state index is 14.1. The van der Waals surface area contributed by atoms with E-state index in [1.165, 1.54) is 0 Å². The van der Waals surface area contributed by atoms with Crippen molar-refractivity contribution in [3.63, 3.8) is 0 Å². The largest absolute Gasteiger partial charge is 0.465 e. The maximum Gasteiger partial charge on any atom is 0.342 e. The first-order chi connectivity index (χ1) is 19.9. The van der Waals surface area contributed by atoms with Gasteiger partial charge in [0.15, 0.2) is 17.0 Å². The van der Waals surface area contributed by atoms with Gasteiger partial charge < -0.3 is 29.6 Å². The van der Waals surface area contributed by atoms with E-state index in [9.17, 15) is 9.36 Å². The van der Waals surface area contributed by atoms with Crippen LogP contribution in [0.3, 0.4) is 0 Å². The minimum Gasteiger partial charge on any atom is -0.465 e. The number of carbonyl (C=O) groups excluding carboxylic acids is 1. The van der Waals surface area contributed by atoms with Crippen molar-refractivity contribution in [3.05, 3.63) is 85.2 Å². The quantitative estimate of drug-likeness (QED) is 0.0717. The lowest BCUT2D eigenvalue weighted by molar-refractivity contribution is -0.145. The Labute approximate surface area is 245 Å². The van der Waals surface area contributed by atoms with Crippen LogP contribution in [0.2, 0.25) is 0 Å². The van der Waals surface area contributed by atoms with Gasteiger partial charge in [-0.15, -0.1) is 6.58 Å². The average molecular weight is 596 g/mol. The van der Waals surface area contributed by atoms with E-state index in [1.54, 1.807) is 48.2 Å². The Morgan fingerprint density at radius 1 is 1.14 bits per heavy atom. The number of nitrogens with zero attached hydrogens (tertiary/aromatic N) is 4. The highest BCUT2D eigenvalue weighted by molar-refractivity contribution is 7.57. The molecule has 4 rings (SSSR count). The number of carbonyl (C=O) groups is 1. The van der Waals surface area contributed by atoms with E-state index in [4.69, 9.17) is 19.7 Å². The predicted octanol–water partition coefficient (Wildman–Crippen LogP) is 4.65. The molecule has 0 aliphatic rings. The van der Waals surface area contributed by atoms with Gasteiger partial charge in [-0.05, 0) is 31.0 Å². The first kappa shape index (κ1) is 32.3. The van der Waals surface area contributed by atoms with Gasteiger partial charge in [0.1, 0.15) is 18.1 Å². The van der Waals surface area contributed by atoms with Gasteiger partial charge >= 0.3 is 13.5 Å². The fraction of sp³-hybridized carbons (Fsp3) is 0.310. The van der Waals surface area contributed by atoms with Crippen LogP contribution in [0.1, 0.15) is 19.9 Å². The number of hydrogen-bond acceptors (Lipinski definition) is 10. The van der Waals surface area contributed by atoms with Crippen LogP contribution in [0, 0.1) is 0 Å². The van der Waals surface area contributed by atoms with Crippen LogP contribution in [0.5, 0.6) is 5.75 Å². The Balaban J connectivity index is 0.00000484. The number of rotatable bonds is 16. The fourth-order valence-corrected chi connectivity index (χ4v) is 5.70. The number of para-hydroxylation sites is 1. The van der Waals surface area contributed by atoms with E-state index < -0.39 is 19.5 Å². The number of nitrogen functional groups attached to an aromatic ring is 1. The van der Waals surface area contributed by atoms with Crippen molar-refractivity contribution in [2.75, 3.05) is 37.2 Å². The lowest BCUT2D eigenvalue weighted by Gasteiger charge is -2.25.